The summed E-state index contributed by atoms with van der Waals surface area (Å²) in [6, 6.07) is 14.6. The Balaban J connectivity index is 1.82. The zero-order valence-corrected chi connectivity index (χ0v) is 15.5. The number of nitrogens with one attached hydrogen (secondary N) is 2. The molecule has 27 heavy (non-hydrogen) atoms. The Labute approximate surface area is 165 Å². The molecule has 0 fully saturated rings. The first kappa shape index (κ1) is 18.9. The number of hydrogen-bond donors (Lipinski definition) is 2. The summed E-state index contributed by atoms with van der Waals surface area (Å²) >= 11 is 12.1. The van der Waals surface area contributed by atoms with Crippen molar-refractivity contribution in [1.29, 1.82) is 0 Å². The molecule has 3 rings (SSSR count). The van der Waals surface area contributed by atoms with Crippen molar-refractivity contribution in [3.63, 3.8) is 0 Å². The molecule has 0 aliphatic rings. The number of aromatic nitrogens is 2. The number of hydrogen-bond acceptors (Lipinski definition) is 6. The normalized spacial score (nSPS) is 10.4. The highest BCUT2D eigenvalue weighted by Crippen LogP contribution is 2.34. The third kappa shape index (κ3) is 4.84. The minimum atomic E-state index is -0.536. The van der Waals surface area contributed by atoms with Crippen molar-refractivity contribution in [2.24, 2.45) is 0 Å². The summed E-state index contributed by atoms with van der Waals surface area (Å²) in [5.74, 6) is 0.160. The predicted octanol–water partition coefficient (Wildman–Crippen LogP) is 5.09. The highest BCUT2D eigenvalue weighted by molar-refractivity contribution is 6.35. The number of nitro groups is 1. The number of nitrogens with zero attached hydrogens (tertiary/aromatic N) is 3. The topological polar surface area (TPSA) is 93.0 Å². The van der Waals surface area contributed by atoms with E-state index in [0.29, 0.717) is 28.7 Å². The third-order valence-electron chi connectivity index (χ3n) is 3.74. The molecule has 2 aromatic carbocycles. The van der Waals surface area contributed by atoms with Gasteiger partial charge in [-0.05, 0) is 30.2 Å². The van der Waals surface area contributed by atoms with Crippen LogP contribution in [-0.2, 0) is 6.42 Å². The monoisotopic (exact) mass is 403 g/mol. The standard InChI is InChI=1S/C18H15Cl2N5O2/c19-13-6-7-14(20)15(10-13)24-18-16(25(26)27)17(22-11-23-18)21-9-8-12-4-2-1-3-5-12/h1-7,10-11H,8-9H2,(H2,21,22,23,24). The van der Waals surface area contributed by atoms with Gasteiger partial charge < -0.3 is 10.6 Å². The molecule has 9 heteroatoms. The summed E-state index contributed by atoms with van der Waals surface area (Å²) in [5.41, 5.74) is 1.27. The molecule has 7 nitrogen and oxygen atoms in total. The molecule has 1 aromatic heterocycles. The van der Waals surface area contributed by atoms with Gasteiger partial charge in [0.05, 0.1) is 15.6 Å². The number of anilines is 3. The van der Waals surface area contributed by atoms with Crippen LogP contribution in [0.15, 0.2) is 54.9 Å². The highest BCUT2D eigenvalue weighted by Gasteiger charge is 2.23. The molecule has 138 valence electrons. The van der Waals surface area contributed by atoms with Crippen molar-refractivity contribution in [1.82, 2.24) is 9.97 Å². The van der Waals surface area contributed by atoms with Gasteiger partial charge in [0.2, 0.25) is 11.6 Å². The van der Waals surface area contributed by atoms with Crippen LogP contribution in [0.3, 0.4) is 0 Å². The van der Waals surface area contributed by atoms with Crippen LogP contribution in [-0.4, -0.2) is 21.4 Å². The lowest BCUT2D eigenvalue weighted by molar-refractivity contribution is -0.383. The summed E-state index contributed by atoms with van der Waals surface area (Å²) in [6.07, 6.45) is 1.95. The van der Waals surface area contributed by atoms with Crippen LogP contribution in [0, 0.1) is 10.1 Å². The van der Waals surface area contributed by atoms with E-state index in [1.165, 1.54) is 6.33 Å². The van der Waals surface area contributed by atoms with Gasteiger partial charge in [-0.1, -0.05) is 53.5 Å². The molecule has 3 aromatic rings. The van der Waals surface area contributed by atoms with Crippen molar-refractivity contribution in [2.75, 3.05) is 17.2 Å². The number of benzene rings is 2. The molecule has 2 N–H and O–H groups in total. The largest absolute Gasteiger partial charge is 0.364 e. The first-order valence-corrected chi connectivity index (χ1v) is 8.79. The van der Waals surface area contributed by atoms with Gasteiger partial charge in [0.25, 0.3) is 0 Å². The maximum absolute atomic E-state index is 11.6. The van der Waals surface area contributed by atoms with E-state index in [9.17, 15) is 10.1 Å². The van der Waals surface area contributed by atoms with E-state index in [-0.39, 0.29) is 17.3 Å². The molecule has 0 saturated carbocycles. The summed E-state index contributed by atoms with van der Waals surface area (Å²) in [4.78, 5) is 19.1. The Bertz CT molecular complexity index is 954. The fraction of sp³-hybridized carbons (Fsp3) is 0.111. The molecule has 0 spiro atoms. The number of halogens is 2. The summed E-state index contributed by atoms with van der Waals surface area (Å²) < 4.78 is 0. The van der Waals surface area contributed by atoms with Crippen LogP contribution in [0.25, 0.3) is 0 Å². The van der Waals surface area contributed by atoms with Crippen LogP contribution in [0.1, 0.15) is 5.56 Å². The Kier molecular flexibility index (Phi) is 6.05. The van der Waals surface area contributed by atoms with Gasteiger partial charge in [-0.25, -0.2) is 9.97 Å². The Morgan fingerprint density at radius 2 is 1.78 bits per heavy atom. The van der Waals surface area contributed by atoms with Gasteiger partial charge in [0.15, 0.2) is 0 Å². The maximum Gasteiger partial charge on any atom is 0.353 e. The van der Waals surface area contributed by atoms with Crippen LogP contribution < -0.4 is 10.6 Å². The summed E-state index contributed by atoms with van der Waals surface area (Å²) in [6.45, 7) is 0.485. The van der Waals surface area contributed by atoms with Gasteiger partial charge >= 0.3 is 5.69 Å². The van der Waals surface area contributed by atoms with E-state index in [4.69, 9.17) is 23.2 Å². The molecule has 1 heterocycles. The first-order chi connectivity index (χ1) is 13.0. The quantitative estimate of drug-likeness (QED) is 0.421. The minimum Gasteiger partial charge on any atom is -0.364 e. The van der Waals surface area contributed by atoms with Crippen molar-refractivity contribution < 1.29 is 4.92 Å². The lowest BCUT2D eigenvalue weighted by Gasteiger charge is -2.11. The fourth-order valence-corrected chi connectivity index (χ4v) is 2.80. The molecular formula is C18H15Cl2N5O2. The molecule has 0 radical (unpaired) electrons. The highest BCUT2D eigenvalue weighted by atomic mass is 35.5. The maximum atomic E-state index is 11.6. The van der Waals surface area contributed by atoms with E-state index >= 15 is 0 Å². The van der Waals surface area contributed by atoms with E-state index in [0.717, 1.165) is 5.56 Å². The number of rotatable bonds is 7. The third-order valence-corrected chi connectivity index (χ3v) is 4.30. The Hall–Kier alpha value is -2.90. The second kappa shape index (κ2) is 8.66. The van der Waals surface area contributed by atoms with Crippen molar-refractivity contribution in [3.05, 3.63) is 80.6 Å². The summed E-state index contributed by atoms with van der Waals surface area (Å²) in [5, 5.41) is 18.3. The lowest BCUT2D eigenvalue weighted by Crippen LogP contribution is -2.10. The van der Waals surface area contributed by atoms with Crippen LogP contribution in [0.5, 0.6) is 0 Å². The zero-order valence-electron chi connectivity index (χ0n) is 14.0. The molecular weight excluding hydrogens is 389 g/mol. The van der Waals surface area contributed by atoms with Crippen molar-refractivity contribution in [3.8, 4) is 0 Å². The van der Waals surface area contributed by atoms with Gasteiger partial charge in [-0.3, -0.25) is 10.1 Å². The first-order valence-electron chi connectivity index (χ1n) is 8.04. The molecule has 0 aliphatic heterocycles. The summed E-state index contributed by atoms with van der Waals surface area (Å²) in [7, 11) is 0. The van der Waals surface area contributed by atoms with Gasteiger partial charge in [0, 0.05) is 11.6 Å². The molecule has 0 atom stereocenters. The molecule has 0 amide bonds. The SMILES string of the molecule is O=[N+]([O-])c1c(NCCc2ccccc2)ncnc1Nc1cc(Cl)ccc1Cl. The smallest absolute Gasteiger partial charge is 0.353 e. The minimum absolute atomic E-state index is 0.0291. The van der Waals surface area contributed by atoms with E-state index in [1.54, 1.807) is 18.2 Å². The van der Waals surface area contributed by atoms with Gasteiger partial charge in [-0.2, -0.15) is 0 Å². The molecule has 0 bridgehead atoms. The van der Waals surface area contributed by atoms with E-state index < -0.39 is 4.92 Å². The van der Waals surface area contributed by atoms with Crippen molar-refractivity contribution >= 4 is 46.2 Å². The van der Waals surface area contributed by atoms with Crippen LogP contribution >= 0.6 is 23.2 Å². The van der Waals surface area contributed by atoms with Crippen LogP contribution in [0.4, 0.5) is 23.0 Å². The second-order valence-electron chi connectivity index (χ2n) is 5.59. The fourth-order valence-electron chi connectivity index (χ4n) is 2.46. The average molecular weight is 404 g/mol. The van der Waals surface area contributed by atoms with Gasteiger partial charge in [0.1, 0.15) is 6.33 Å². The molecule has 0 saturated heterocycles. The lowest BCUT2D eigenvalue weighted by atomic mass is 10.1. The Morgan fingerprint density at radius 3 is 2.52 bits per heavy atom. The average Bonchev–Trinajstić information content (AvgIpc) is 2.65. The Morgan fingerprint density at radius 1 is 1.04 bits per heavy atom. The second-order valence-corrected chi connectivity index (χ2v) is 6.43. The molecule has 0 aliphatic carbocycles. The van der Waals surface area contributed by atoms with E-state index in [1.807, 2.05) is 30.3 Å². The van der Waals surface area contributed by atoms with Gasteiger partial charge in [-0.15, -0.1) is 0 Å². The zero-order chi connectivity index (χ0) is 19.2. The van der Waals surface area contributed by atoms with Crippen LogP contribution in [0.2, 0.25) is 10.0 Å². The predicted molar refractivity (Wildman–Crippen MR) is 107 cm³/mol. The molecule has 0 unspecified atom stereocenters. The van der Waals surface area contributed by atoms with Crippen molar-refractivity contribution in [2.45, 2.75) is 6.42 Å². The van der Waals surface area contributed by atoms with E-state index in [2.05, 4.69) is 20.6 Å².